The highest BCUT2D eigenvalue weighted by atomic mass is 31.1. The predicted molar refractivity (Wildman–Crippen MR) is 105 cm³/mol. The molecule has 0 heterocycles. The van der Waals surface area contributed by atoms with Crippen LogP contribution in [0.1, 0.15) is 6.42 Å². The van der Waals surface area contributed by atoms with E-state index >= 15 is 0 Å². The van der Waals surface area contributed by atoms with Crippen LogP contribution in [0, 0.1) is 0 Å². The Kier molecular flexibility index (Phi) is 5.91. The van der Waals surface area contributed by atoms with Gasteiger partial charge >= 0.3 is 0 Å². The van der Waals surface area contributed by atoms with Gasteiger partial charge in [0.1, 0.15) is 11.5 Å². The van der Waals surface area contributed by atoms with Gasteiger partial charge in [0.05, 0.1) is 20.3 Å². The van der Waals surface area contributed by atoms with E-state index in [1.54, 1.807) is 21.3 Å². The molecule has 1 aliphatic rings. The van der Waals surface area contributed by atoms with E-state index in [-0.39, 0.29) is 6.10 Å². The number of allylic oxidation sites excluding steroid dienone is 2. The average molecular weight is 354 g/mol. The molecule has 1 unspecified atom stereocenters. The molecule has 0 aliphatic heterocycles. The third-order valence-electron chi connectivity index (χ3n) is 4.26. The van der Waals surface area contributed by atoms with E-state index in [4.69, 9.17) is 14.2 Å². The summed E-state index contributed by atoms with van der Waals surface area (Å²) in [5.74, 6) is 1.75. The first kappa shape index (κ1) is 17.7. The lowest BCUT2D eigenvalue weighted by Gasteiger charge is -2.24. The van der Waals surface area contributed by atoms with Crippen LogP contribution in [-0.4, -0.2) is 27.4 Å². The normalized spacial score (nSPS) is 16.6. The molecule has 0 spiro atoms. The van der Waals surface area contributed by atoms with Gasteiger partial charge in [-0.15, -0.1) is 0 Å². The zero-order chi connectivity index (χ0) is 17.6. The van der Waals surface area contributed by atoms with Gasteiger partial charge < -0.3 is 14.2 Å². The van der Waals surface area contributed by atoms with Crippen molar-refractivity contribution in [1.82, 2.24) is 0 Å². The van der Waals surface area contributed by atoms with E-state index in [9.17, 15) is 0 Å². The Morgan fingerprint density at radius 1 is 0.800 bits per heavy atom. The van der Waals surface area contributed by atoms with Crippen LogP contribution < -0.4 is 20.1 Å². The Hall–Kier alpha value is -2.09. The zero-order valence-corrected chi connectivity index (χ0v) is 15.7. The molecule has 0 saturated carbocycles. The second kappa shape index (κ2) is 8.33. The van der Waals surface area contributed by atoms with Crippen LogP contribution >= 0.6 is 7.92 Å². The van der Waals surface area contributed by atoms with Gasteiger partial charge in [-0.05, 0) is 54.5 Å². The van der Waals surface area contributed by atoms with Crippen LogP contribution in [0.25, 0.3) is 0 Å². The molecular weight excluding hydrogens is 331 g/mol. The van der Waals surface area contributed by atoms with Gasteiger partial charge in [0.25, 0.3) is 0 Å². The van der Waals surface area contributed by atoms with Crippen molar-refractivity contribution in [3.05, 3.63) is 72.1 Å². The molecule has 1 atom stereocenters. The van der Waals surface area contributed by atoms with Crippen LogP contribution in [0.2, 0.25) is 0 Å². The number of methoxy groups -OCH3 is 3. The highest BCUT2D eigenvalue weighted by molar-refractivity contribution is 7.77. The summed E-state index contributed by atoms with van der Waals surface area (Å²) in [5, 5.41) is 3.94. The van der Waals surface area contributed by atoms with Crippen molar-refractivity contribution in [2.24, 2.45) is 0 Å². The molecule has 3 nitrogen and oxygen atoms in total. The minimum absolute atomic E-state index is 0.173. The number of hydrogen-bond donors (Lipinski definition) is 0. The fourth-order valence-electron chi connectivity index (χ4n) is 2.84. The Morgan fingerprint density at radius 2 is 1.32 bits per heavy atom. The summed E-state index contributed by atoms with van der Waals surface area (Å²) in [6.07, 6.45) is 7.74. The van der Waals surface area contributed by atoms with Crippen LogP contribution in [0.15, 0.2) is 72.1 Å². The van der Waals surface area contributed by atoms with Crippen molar-refractivity contribution in [2.75, 3.05) is 21.3 Å². The number of hydrogen-bond acceptors (Lipinski definition) is 3. The Labute approximate surface area is 150 Å². The molecule has 0 saturated heterocycles. The van der Waals surface area contributed by atoms with Crippen LogP contribution in [0.5, 0.6) is 11.5 Å². The smallest absolute Gasteiger partial charge is 0.118 e. The first-order chi connectivity index (χ1) is 12.2. The molecule has 0 aromatic heterocycles. The summed E-state index contributed by atoms with van der Waals surface area (Å²) in [6, 6.07) is 16.7. The van der Waals surface area contributed by atoms with E-state index in [2.05, 4.69) is 42.5 Å². The van der Waals surface area contributed by atoms with E-state index in [0.29, 0.717) is 0 Å². The highest BCUT2D eigenvalue weighted by Crippen LogP contribution is 2.45. The molecule has 0 radical (unpaired) electrons. The molecule has 1 aliphatic carbocycles. The van der Waals surface area contributed by atoms with Gasteiger partial charge in [-0.2, -0.15) is 0 Å². The standard InChI is InChI=1S/C21H23O3P/c1-22-16-4-10-19(11-5-16)25(20-12-6-17(23-2)7-13-20)21-14-8-18(24-3)9-15-21/h4-8,10-15,18H,9H2,1-3H3. The molecular formula is C21H23O3P. The van der Waals surface area contributed by atoms with Gasteiger partial charge in [0.15, 0.2) is 0 Å². The SMILES string of the molecule is COc1ccc(P(C2=CCC(OC)C=C2)c2ccc(OC)cc2)cc1. The van der Waals surface area contributed by atoms with E-state index < -0.39 is 7.92 Å². The monoisotopic (exact) mass is 354 g/mol. The third kappa shape index (κ3) is 4.12. The summed E-state index contributed by atoms with van der Waals surface area (Å²) in [7, 11) is 4.52. The lowest BCUT2D eigenvalue weighted by Crippen LogP contribution is -2.15. The van der Waals surface area contributed by atoms with Crippen molar-refractivity contribution in [1.29, 1.82) is 0 Å². The molecule has 0 N–H and O–H groups in total. The fraction of sp³-hybridized carbons (Fsp3) is 0.238. The Morgan fingerprint density at radius 3 is 1.68 bits per heavy atom. The van der Waals surface area contributed by atoms with Crippen molar-refractivity contribution >= 4 is 18.5 Å². The van der Waals surface area contributed by atoms with Crippen molar-refractivity contribution in [3.8, 4) is 11.5 Å². The van der Waals surface area contributed by atoms with E-state index in [1.807, 2.05) is 24.3 Å². The molecule has 130 valence electrons. The van der Waals surface area contributed by atoms with Crippen molar-refractivity contribution < 1.29 is 14.2 Å². The molecule has 3 rings (SSSR count). The van der Waals surface area contributed by atoms with Crippen molar-refractivity contribution in [2.45, 2.75) is 12.5 Å². The summed E-state index contributed by atoms with van der Waals surface area (Å²) >= 11 is 0. The molecule has 0 fully saturated rings. The van der Waals surface area contributed by atoms with E-state index in [0.717, 1.165) is 17.9 Å². The molecule has 0 amide bonds. The lowest BCUT2D eigenvalue weighted by atomic mass is 10.1. The quantitative estimate of drug-likeness (QED) is 0.734. The van der Waals surface area contributed by atoms with Crippen LogP contribution in [0.4, 0.5) is 0 Å². The summed E-state index contributed by atoms with van der Waals surface area (Å²) in [4.78, 5) is 0. The number of ether oxygens (including phenoxy) is 3. The van der Waals surface area contributed by atoms with Crippen LogP contribution in [0.3, 0.4) is 0 Å². The maximum atomic E-state index is 5.43. The molecule has 0 bridgehead atoms. The average Bonchev–Trinajstić information content (AvgIpc) is 2.70. The van der Waals surface area contributed by atoms with E-state index in [1.165, 1.54) is 15.9 Å². The Balaban J connectivity index is 1.98. The second-order valence-corrected chi connectivity index (χ2v) is 7.95. The maximum absolute atomic E-state index is 5.43. The maximum Gasteiger partial charge on any atom is 0.118 e. The van der Waals surface area contributed by atoms with Crippen LogP contribution in [-0.2, 0) is 4.74 Å². The first-order valence-electron chi connectivity index (χ1n) is 8.24. The minimum Gasteiger partial charge on any atom is -0.497 e. The molecule has 2 aromatic carbocycles. The van der Waals surface area contributed by atoms with Gasteiger partial charge in [0, 0.05) is 7.11 Å². The lowest BCUT2D eigenvalue weighted by molar-refractivity contribution is 0.142. The first-order valence-corrected chi connectivity index (χ1v) is 9.58. The largest absolute Gasteiger partial charge is 0.497 e. The van der Waals surface area contributed by atoms with Gasteiger partial charge in [0.2, 0.25) is 0 Å². The van der Waals surface area contributed by atoms with Gasteiger partial charge in [-0.25, -0.2) is 0 Å². The van der Waals surface area contributed by atoms with Gasteiger partial charge in [-0.3, -0.25) is 0 Å². The summed E-state index contributed by atoms with van der Waals surface area (Å²) < 4.78 is 16.0. The predicted octanol–water partition coefficient (Wildman–Crippen LogP) is 4.00. The topological polar surface area (TPSA) is 27.7 Å². The highest BCUT2D eigenvalue weighted by Gasteiger charge is 2.20. The third-order valence-corrected chi connectivity index (χ3v) is 6.74. The molecule has 2 aromatic rings. The summed E-state index contributed by atoms with van der Waals surface area (Å²) in [6.45, 7) is 0. The molecule has 25 heavy (non-hydrogen) atoms. The number of rotatable bonds is 6. The summed E-state index contributed by atoms with van der Waals surface area (Å²) in [5.41, 5.74) is 0. The zero-order valence-electron chi connectivity index (χ0n) is 14.8. The number of benzene rings is 2. The van der Waals surface area contributed by atoms with Gasteiger partial charge in [-0.1, -0.05) is 42.5 Å². The Bertz CT molecular complexity index is 700. The minimum atomic E-state index is -0.620. The molecule has 4 heteroatoms. The second-order valence-electron chi connectivity index (χ2n) is 5.73. The fourth-order valence-corrected chi connectivity index (χ4v) is 5.15. The van der Waals surface area contributed by atoms with Crippen molar-refractivity contribution in [3.63, 3.8) is 0 Å².